The van der Waals surface area contributed by atoms with E-state index in [1.165, 1.54) is 5.56 Å². The highest BCUT2D eigenvalue weighted by atomic mass is 15.3. The average Bonchev–Trinajstić information content (AvgIpc) is 2.44. The summed E-state index contributed by atoms with van der Waals surface area (Å²) < 4.78 is 1.89. The molecule has 0 aliphatic carbocycles. The first-order chi connectivity index (χ1) is 6.59. The molecule has 1 unspecified atom stereocenters. The second kappa shape index (κ2) is 3.10. The molecule has 0 aliphatic heterocycles. The van der Waals surface area contributed by atoms with Gasteiger partial charge in [-0.25, -0.2) is 0 Å². The molecule has 1 aromatic heterocycles. The Morgan fingerprint density at radius 3 is 2.79 bits per heavy atom. The average molecular weight is 189 g/mol. The Kier molecular flexibility index (Phi) is 2.04. The number of aryl methyl sites for hydroxylation is 2. The van der Waals surface area contributed by atoms with E-state index in [9.17, 15) is 0 Å². The van der Waals surface area contributed by atoms with Crippen LogP contribution in [0.4, 0.5) is 0 Å². The molecule has 0 aliphatic rings. The lowest BCUT2D eigenvalue weighted by molar-refractivity contribution is 0.712. The molecular formula is C11H15N3. The first kappa shape index (κ1) is 9.21. The van der Waals surface area contributed by atoms with Crippen molar-refractivity contribution in [3.8, 4) is 0 Å². The second-order valence-corrected chi connectivity index (χ2v) is 3.82. The maximum Gasteiger partial charge on any atom is 0.0867 e. The molecule has 3 nitrogen and oxygen atoms in total. The van der Waals surface area contributed by atoms with Gasteiger partial charge in [-0.2, -0.15) is 5.10 Å². The first-order valence-corrected chi connectivity index (χ1v) is 4.78. The molecular weight excluding hydrogens is 174 g/mol. The van der Waals surface area contributed by atoms with Crippen LogP contribution < -0.4 is 5.73 Å². The maximum atomic E-state index is 5.86. The van der Waals surface area contributed by atoms with Crippen molar-refractivity contribution in [2.75, 3.05) is 0 Å². The van der Waals surface area contributed by atoms with E-state index in [1.54, 1.807) is 0 Å². The summed E-state index contributed by atoms with van der Waals surface area (Å²) in [6.07, 6.45) is 0. The van der Waals surface area contributed by atoms with Crippen LogP contribution in [-0.4, -0.2) is 9.78 Å². The third-order valence-corrected chi connectivity index (χ3v) is 2.47. The van der Waals surface area contributed by atoms with Crippen LogP contribution in [0.3, 0.4) is 0 Å². The van der Waals surface area contributed by atoms with E-state index in [0.29, 0.717) is 0 Å². The number of nitrogens with zero attached hydrogens (tertiary/aromatic N) is 2. The van der Waals surface area contributed by atoms with Crippen molar-refractivity contribution in [1.29, 1.82) is 0 Å². The van der Waals surface area contributed by atoms with Gasteiger partial charge in [-0.1, -0.05) is 12.1 Å². The summed E-state index contributed by atoms with van der Waals surface area (Å²) in [4.78, 5) is 0. The lowest BCUT2D eigenvalue weighted by Crippen LogP contribution is -2.06. The quantitative estimate of drug-likeness (QED) is 0.744. The molecule has 3 heteroatoms. The minimum atomic E-state index is -0.0126. The molecule has 0 amide bonds. The molecule has 0 saturated heterocycles. The molecule has 0 spiro atoms. The summed E-state index contributed by atoms with van der Waals surface area (Å²) >= 11 is 0. The lowest BCUT2D eigenvalue weighted by Gasteiger charge is -2.00. The molecule has 0 bridgehead atoms. The van der Waals surface area contributed by atoms with Crippen LogP contribution >= 0.6 is 0 Å². The van der Waals surface area contributed by atoms with Crippen molar-refractivity contribution in [3.05, 3.63) is 29.5 Å². The largest absolute Gasteiger partial charge is 0.323 e. The third-order valence-electron chi connectivity index (χ3n) is 2.47. The van der Waals surface area contributed by atoms with Crippen molar-refractivity contribution in [2.24, 2.45) is 12.8 Å². The fourth-order valence-electron chi connectivity index (χ4n) is 1.73. The minimum absolute atomic E-state index is 0.0126. The predicted molar refractivity (Wildman–Crippen MR) is 58.1 cm³/mol. The van der Waals surface area contributed by atoms with Crippen molar-refractivity contribution in [1.82, 2.24) is 9.78 Å². The highest BCUT2D eigenvalue weighted by Gasteiger charge is 2.11. The van der Waals surface area contributed by atoms with Crippen molar-refractivity contribution in [3.63, 3.8) is 0 Å². The molecule has 2 N–H and O–H groups in total. The standard InChI is InChI=1S/C11H15N3/c1-7-4-5-9-10(6-7)14(3)13-11(9)8(2)12/h4-6,8H,12H2,1-3H3. The van der Waals surface area contributed by atoms with Crippen LogP contribution in [0.1, 0.15) is 24.2 Å². The summed E-state index contributed by atoms with van der Waals surface area (Å²) in [7, 11) is 1.95. The highest BCUT2D eigenvalue weighted by molar-refractivity contribution is 5.83. The van der Waals surface area contributed by atoms with E-state index >= 15 is 0 Å². The fraction of sp³-hybridized carbons (Fsp3) is 0.364. The van der Waals surface area contributed by atoms with E-state index in [2.05, 4.69) is 30.2 Å². The van der Waals surface area contributed by atoms with Gasteiger partial charge in [-0.3, -0.25) is 4.68 Å². The zero-order valence-electron chi connectivity index (χ0n) is 8.78. The monoisotopic (exact) mass is 189 g/mol. The third kappa shape index (κ3) is 1.30. The number of nitrogens with two attached hydrogens (primary N) is 1. The number of aromatic nitrogens is 2. The molecule has 14 heavy (non-hydrogen) atoms. The predicted octanol–water partition coefficient (Wildman–Crippen LogP) is 1.90. The van der Waals surface area contributed by atoms with E-state index < -0.39 is 0 Å². The van der Waals surface area contributed by atoms with Gasteiger partial charge < -0.3 is 5.73 Å². The summed E-state index contributed by atoms with van der Waals surface area (Å²) in [5.41, 5.74) is 9.23. The Hall–Kier alpha value is -1.35. The van der Waals surface area contributed by atoms with Gasteiger partial charge in [0.25, 0.3) is 0 Å². The van der Waals surface area contributed by atoms with Crippen LogP contribution in [0.15, 0.2) is 18.2 Å². The van der Waals surface area contributed by atoms with Gasteiger partial charge >= 0.3 is 0 Å². The normalized spacial score (nSPS) is 13.4. The molecule has 2 aromatic rings. The fourth-order valence-corrected chi connectivity index (χ4v) is 1.73. The van der Waals surface area contributed by atoms with Crippen molar-refractivity contribution < 1.29 is 0 Å². The summed E-state index contributed by atoms with van der Waals surface area (Å²) in [5.74, 6) is 0. The van der Waals surface area contributed by atoms with Gasteiger partial charge in [-0.05, 0) is 25.5 Å². The Labute approximate surface area is 83.5 Å². The Morgan fingerprint density at radius 2 is 2.14 bits per heavy atom. The Balaban J connectivity index is 2.77. The smallest absolute Gasteiger partial charge is 0.0867 e. The molecule has 2 rings (SSSR count). The molecule has 1 atom stereocenters. The van der Waals surface area contributed by atoms with Crippen molar-refractivity contribution in [2.45, 2.75) is 19.9 Å². The zero-order chi connectivity index (χ0) is 10.3. The van der Waals surface area contributed by atoms with Crippen molar-refractivity contribution >= 4 is 10.9 Å². The topological polar surface area (TPSA) is 43.8 Å². The second-order valence-electron chi connectivity index (χ2n) is 3.82. The number of fused-ring (bicyclic) bond motifs is 1. The van der Waals surface area contributed by atoms with Gasteiger partial charge in [0.15, 0.2) is 0 Å². The number of rotatable bonds is 1. The number of benzene rings is 1. The summed E-state index contributed by atoms with van der Waals surface area (Å²) in [6.45, 7) is 4.04. The highest BCUT2D eigenvalue weighted by Crippen LogP contribution is 2.22. The Morgan fingerprint density at radius 1 is 1.43 bits per heavy atom. The van der Waals surface area contributed by atoms with E-state index in [-0.39, 0.29) is 6.04 Å². The first-order valence-electron chi connectivity index (χ1n) is 4.78. The van der Waals surface area contributed by atoms with Crippen LogP contribution in [0.5, 0.6) is 0 Å². The van der Waals surface area contributed by atoms with Crippen LogP contribution in [0.25, 0.3) is 10.9 Å². The minimum Gasteiger partial charge on any atom is -0.323 e. The molecule has 0 fully saturated rings. The van der Waals surface area contributed by atoms with Crippen LogP contribution in [0, 0.1) is 6.92 Å². The van der Waals surface area contributed by atoms with E-state index in [1.807, 2.05) is 18.7 Å². The van der Waals surface area contributed by atoms with Gasteiger partial charge in [0, 0.05) is 18.5 Å². The SMILES string of the molecule is Cc1ccc2c(C(C)N)nn(C)c2c1. The van der Waals surface area contributed by atoms with Gasteiger partial charge in [0.1, 0.15) is 0 Å². The number of hydrogen-bond donors (Lipinski definition) is 1. The van der Waals surface area contributed by atoms with Crippen LogP contribution in [0.2, 0.25) is 0 Å². The molecule has 1 aromatic carbocycles. The lowest BCUT2D eigenvalue weighted by atomic mass is 10.1. The summed E-state index contributed by atoms with van der Waals surface area (Å²) in [6, 6.07) is 6.31. The van der Waals surface area contributed by atoms with Crippen LogP contribution in [-0.2, 0) is 7.05 Å². The van der Waals surface area contributed by atoms with Gasteiger partial charge in [0.05, 0.1) is 11.2 Å². The maximum absolute atomic E-state index is 5.86. The zero-order valence-corrected chi connectivity index (χ0v) is 8.78. The molecule has 74 valence electrons. The van der Waals surface area contributed by atoms with Gasteiger partial charge in [-0.15, -0.1) is 0 Å². The molecule has 1 heterocycles. The molecule has 0 radical (unpaired) electrons. The Bertz CT molecular complexity index is 469. The number of hydrogen-bond acceptors (Lipinski definition) is 2. The van der Waals surface area contributed by atoms with Gasteiger partial charge in [0.2, 0.25) is 0 Å². The molecule has 0 saturated carbocycles. The van der Waals surface area contributed by atoms with E-state index in [0.717, 1.165) is 16.6 Å². The van der Waals surface area contributed by atoms with E-state index in [4.69, 9.17) is 5.73 Å². The summed E-state index contributed by atoms with van der Waals surface area (Å²) in [5, 5.41) is 5.58.